The summed E-state index contributed by atoms with van der Waals surface area (Å²) in [6.07, 6.45) is 1.32. The molecule has 18 heavy (non-hydrogen) atoms. The molecule has 100 valence electrons. The number of hydrogen-bond donors (Lipinski definition) is 2. The number of ether oxygens (including phenoxy) is 1. The van der Waals surface area contributed by atoms with E-state index < -0.39 is 6.10 Å². The van der Waals surface area contributed by atoms with Crippen molar-refractivity contribution in [2.75, 3.05) is 13.2 Å². The van der Waals surface area contributed by atoms with Crippen LogP contribution in [0.4, 0.5) is 0 Å². The first kappa shape index (κ1) is 13.4. The summed E-state index contributed by atoms with van der Waals surface area (Å²) in [5, 5.41) is 10.7. The first-order valence-corrected chi connectivity index (χ1v) is 6.76. The Labute approximate surface area is 109 Å². The van der Waals surface area contributed by atoms with E-state index in [-0.39, 0.29) is 11.3 Å². The Morgan fingerprint density at radius 2 is 2.17 bits per heavy atom. The highest BCUT2D eigenvalue weighted by Gasteiger charge is 2.44. The highest BCUT2D eigenvalue weighted by Crippen LogP contribution is 2.42. The van der Waals surface area contributed by atoms with E-state index in [2.05, 4.69) is 13.8 Å². The largest absolute Gasteiger partial charge is 0.493 e. The molecule has 0 saturated heterocycles. The molecule has 0 amide bonds. The summed E-state index contributed by atoms with van der Waals surface area (Å²) >= 11 is 0. The van der Waals surface area contributed by atoms with Crippen LogP contribution in [0.2, 0.25) is 0 Å². The van der Waals surface area contributed by atoms with Crippen LogP contribution in [0.25, 0.3) is 0 Å². The van der Waals surface area contributed by atoms with Crippen molar-refractivity contribution >= 4 is 0 Å². The lowest BCUT2D eigenvalue weighted by atomic mass is 9.68. The van der Waals surface area contributed by atoms with Crippen LogP contribution in [-0.4, -0.2) is 24.4 Å². The number of benzene rings is 1. The van der Waals surface area contributed by atoms with E-state index in [0.29, 0.717) is 13.2 Å². The minimum atomic E-state index is -0.419. The van der Waals surface area contributed by atoms with Crippen LogP contribution in [0.3, 0.4) is 0 Å². The molecule has 3 heteroatoms. The zero-order valence-electron chi connectivity index (χ0n) is 11.2. The second kappa shape index (κ2) is 5.29. The summed E-state index contributed by atoms with van der Waals surface area (Å²) in [5.41, 5.74) is 6.74. The van der Waals surface area contributed by atoms with Gasteiger partial charge in [-0.1, -0.05) is 38.5 Å². The quantitative estimate of drug-likeness (QED) is 0.859. The molecule has 0 aliphatic carbocycles. The minimum absolute atomic E-state index is 0.236. The summed E-state index contributed by atoms with van der Waals surface area (Å²) in [7, 11) is 0. The third-order valence-corrected chi connectivity index (χ3v) is 4.34. The Hall–Kier alpha value is -1.06. The van der Waals surface area contributed by atoms with Crippen molar-refractivity contribution < 1.29 is 9.84 Å². The zero-order valence-corrected chi connectivity index (χ0v) is 11.2. The van der Waals surface area contributed by atoms with E-state index in [9.17, 15) is 5.11 Å². The van der Waals surface area contributed by atoms with Gasteiger partial charge in [0.1, 0.15) is 5.75 Å². The monoisotopic (exact) mass is 249 g/mol. The zero-order chi connectivity index (χ0) is 13.2. The Kier molecular flexibility index (Phi) is 3.93. The van der Waals surface area contributed by atoms with Gasteiger partial charge < -0.3 is 15.6 Å². The van der Waals surface area contributed by atoms with Crippen LogP contribution < -0.4 is 10.5 Å². The Balaban J connectivity index is 2.45. The molecular formula is C15H23NO2. The van der Waals surface area contributed by atoms with E-state index in [4.69, 9.17) is 10.5 Å². The predicted molar refractivity (Wildman–Crippen MR) is 72.7 cm³/mol. The van der Waals surface area contributed by atoms with E-state index in [1.54, 1.807) is 0 Å². The smallest absolute Gasteiger partial charge is 0.123 e. The number of para-hydroxylation sites is 1. The van der Waals surface area contributed by atoms with Gasteiger partial charge >= 0.3 is 0 Å². The van der Waals surface area contributed by atoms with Crippen LogP contribution in [0.5, 0.6) is 5.75 Å². The van der Waals surface area contributed by atoms with Gasteiger partial charge in [0.05, 0.1) is 12.7 Å². The van der Waals surface area contributed by atoms with Crippen molar-refractivity contribution in [1.29, 1.82) is 0 Å². The van der Waals surface area contributed by atoms with Crippen molar-refractivity contribution in [3.05, 3.63) is 29.8 Å². The molecule has 3 N–H and O–H groups in total. The van der Waals surface area contributed by atoms with Gasteiger partial charge in [-0.15, -0.1) is 0 Å². The first-order chi connectivity index (χ1) is 8.65. The summed E-state index contributed by atoms with van der Waals surface area (Å²) in [6, 6.07) is 7.94. The number of hydrogen-bond acceptors (Lipinski definition) is 3. The summed E-state index contributed by atoms with van der Waals surface area (Å²) in [6.45, 7) is 5.27. The Morgan fingerprint density at radius 1 is 1.44 bits per heavy atom. The SMILES string of the molecule is CCC(C)C(O)C1(CN)CCOc2ccccc21. The van der Waals surface area contributed by atoms with Crippen LogP contribution in [0, 0.1) is 5.92 Å². The molecule has 0 fully saturated rings. The average Bonchev–Trinajstić information content (AvgIpc) is 2.44. The molecule has 1 aromatic rings. The molecule has 1 aliphatic heterocycles. The fourth-order valence-electron chi connectivity index (χ4n) is 2.89. The highest BCUT2D eigenvalue weighted by molar-refractivity contribution is 5.43. The van der Waals surface area contributed by atoms with Gasteiger partial charge in [0, 0.05) is 17.5 Å². The molecular weight excluding hydrogens is 226 g/mol. The minimum Gasteiger partial charge on any atom is -0.493 e. The van der Waals surface area contributed by atoms with Crippen LogP contribution in [0.15, 0.2) is 24.3 Å². The molecule has 0 spiro atoms. The van der Waals surface area contributed by atoms with E-state index in [1.165, 1.54) is 0 Å². The summed E-state index contributed by atoms with van der Waals surface area (Å²) in [5.74, 6) is 1.11. The van der Waals surface area contributed by atoms with Crippen molar-refractivity contribution in [2.45, 2.75) is 38.2 Å². The lowest BCUT2D eigenvalue weighted by Crippen LogP contribution is -2.51. The first-order valence-electron chi connectivity index (χ1n) is 6.76. The van der Waals surface area contributed by atoms with Crippen molar-refractivity contribution in [1.82, 2.24) is 0 Å². The second-order valence-electron chi connectivity index (χ2n) is 5.29. The van der Waals surface area contributed by atoms with Gasteiger partial charge in [-0.05, 0) is 18.4 Å². The van der Waals surface area contributed by atoms with Gasteiger partial charge in [-0.3, -0.25) is 0 Å². The molecule has 3 atom stereocenters. The normalized spacial score (nSPS) is 26.0. The van der Waals surface area contributed by atoms with E-state index in [1.807, 2.05) is 24.3 Å². The summed E-state index contributed by atoms with van der Waals surface area (Å²) < 4.78 is 5.68. The molecule has 0 bridgehead atoms. The van der Waals surface area contributed by atoms with Crippen LogP contribution in [-0.2, 0) is 5.41 Å². The maximum Gasteiger partial charge on any atom is 0.123 e. The third-order valence-electron chi connectivity index (χ3n) is 4.34. The van der Waals surface area contributed by atoms with Crippen molar-refractivity contribution in [3.63, 3.8) is 0 Å². The molecule has 1 aliphatic rings. The molecule has 0 aromatic heterocycles. The van der Waals surface area contributed by atoms with Gasteiger partial charge in [0.2, 0.25) is 0 Å². The number of rotatable bonds is 4. The standard InChI is InChI=1S/C15H23NO2/c1-3-11(2)14(17)15(10-16)8-9-18-13-7-5-4-6-12(13)15/h4-7,11,14,17H,3,8-10,16H2,1-2H3. The maximum atomic E-state index is 10.7. The summed E-state index contributed by atoms with van der Waals surface area (Å²) in [4.78, 5) is 0. The van der Waals surface area contributed by atoms with Gasteiger partial charge in [0.15, 0.2) is 0 Å². The predicted octanol–water partition coefficient (Wildman–Crippen LogP) is 2.07. The number of aliphatic hydroxyl groups excluding tert-OH is 1. The molecule has 0 saturated carbocycles. The van der Waals surface area contributed by atoms with Gasteiger partial charge in [-0.2, -0.15) is 0 Å². The molecule has 3 unspecified atom stereocenters. The van der Waals surface area contributed by atoms with Gasteiger partial charge in [0.25, 0.3) is 0 Å². The number of aliphatic hydroxyl groups is 1. The lowest BCUT2D eigenvalue weighted by molar-refractivity contribution is 0.0145. The fourth-order valence-corrected chi connectivity index (χ4v) is 2.89. The van der Waals surface area contributed by atoms with Crippen molar-refractivity contribution in [3.8, 4) is 5.75 Å². The number of nitrogens with two attached hydrogens (primary N) is 1. The Bertz CT molecular complexity index is 407. The highest BCUT2D eigenvalue weighted by atomic mass is 16.5. The second-order valence-corrected chi connectivity index (χ2v) is 5.29. The Morgan fingerprint density at radius 3 is 2.83 bits per heavy atom. The topological polar surface area (TPSA) is 55.5 Å². The van der Waals surface area contributed by atoms with Crippen molar-refractivity contribution in [2.24, 2.45) is 11.7 Å². The molecule has 3 nitrogen and oxygen atoms in total. The fraction of sp³-hybridized carbons (Fsp3) is 0.600. The maximum absolute atomic E-state index is 10.7. The van der Waals surface area contributed by atoms with Crippen LogP contribution >= 0.6 is 0 Å². The van der Waals surface area contributed by atoms with E-state index >= 15 is 0 Å². The number of fused-ring (bicyclic) bond motifs is 1. The molecule has 1 aromatic carbocycles. The molecule has 0 radical (unpaired) electrons. The van der Waals surface area contributed by atoms with E-state index in [0.717, 1.165) is 24.2 Å². The van der Waals surface area contributed by atoms with Gasteiger partial charge in [-0.25, -0.2) is 0 Å². The molecule has 2 rings (SSSR count). The molecule has 1 heterocycles. The average molecular weight is 249 g/mol. The van der Waals surface area contributed by atoms with Crippen LogP contribution in [0.1, 0.15) is 32.3 Å². The lowest BCUT2D eigenvalue weighted by Gasteiger charge is -2.43. The third kappa shape index (κ3) is 2.02.